The van der Waals surface area contributed by atoms with Gasteiger partial charge in [0.15, 0.2) is 0 Å². The number of hydrogen-bond acceptors (Lipinski definition) is 2. The van der Waals surface area contributed by atoms with Crippen LogP contribution in [0.25, 0.3) is 0 Å². The summed E-state index contributed by atoms with van der Waals surface area (Å²) in [6.45, 7) is 0.231. The number of esters is 1. The van der Waals surface area contributed by atoms with E-state index in [9.17, 15) is 4.79 Å². The fourth-order valence-corrected chi connectivity index (χ4v) is 1.37. The lowest BCUT2D eigenvalue weighted by molar-refractivity contribution is -0.671. The van der Waals surface area contributed by atoms with Gasteiger partial charge in [-0.3, -0.25) is 0 Å². The minimum Gasteiger partial charge on any atom is -0.421 e. The predicted octanol–water partition coefficient (Wildman–Crippen LogP) is 1.13. The van der Waals surface area contributed by atoms with Crippen LogP contribution in [0.4, 0.5) is 0 Å². The van der Waals surface area contributed by atoms with Crippen LogP contribution in [-0.2, 0) is 18.5 Å². The average Bonchev–Trinajstić information content (AvgIpc) is 2.73. The van der Waals surface area contributed by atoms with Gasteiger partial charge in [-0.05, 0) is 12.1 Å². The molecule has 2 aromatic rings. The molecule has 0 atom stereocenters. The summed E-state index contributed by atoms with van der Waals surface area (Å²) in [4.78, 5) is 11.6. The minimum atomic E-state index is -0.308. The standard InChI is InChI=1S/C12H13N2O2/c1-13-7-8-14(9-13)10-16-12(15)11-5-3-2-4-6-11/h2-9H,10H2,1H3/q+1. The van der Waals surface area contributed by atoms with E-state index in [1.165, 1.54) is 0 Å². The molecule has 0 N–H and O–H groups in total. The Balaban J connectivity index is 1.94. The summed E-state index contributed by atoms with van der Waals surface area (Å²) < 4.78 is 8.82. The van der Waals surface area contributed by atoms with Gasteiger partial charge in [-0.1, -0.05) is 18.2 Å². The topological polar surface area (TPSA) is 35.1 Å². The zero-order chi connectivity index (χ0) is 11.4. The van der Waals surface area contributed by atoms with Gasteiger partial charge in [-0.15, -0.1) is 0 Å². The summed E-state index contributed by atoms with van der Waals surface area (Å²) in [5.41, 5.74) is 0.569. The van der Waals surface area contributed by atoms with E-state index < -0.39 is 0 Å². The summed E-state index contributed by atoms with van der Waals surface area (Å²) in [5.74, 6) is -0.308. The van der Waals surface area contributed by atoms with Crippen molar-refractivity contribution in [1.82, 2.24) is 4.57 Å². The van der Waals surface area contributed by atoms with Crippen molar-refractivity contribution in [2.75, 3.05) is 0 Å². The number of nitrogens with zero attached hydrogens (tertiary/aromatic N) is 2. The molecule has 82 valence electrons. The van der Waals surface area contributed by atoms with Gasteiger partial charge in [0.05, 0.1) is 12.6 Å². The van der Waals surface area contributed by atoms with Crippen molar-refractivity contribution in [3.8, 4) is 0 Å². The number of ether oxygens (including phenoxy) is 1. The maximum Gasteiger partial charge on any atom is 0.341 e. The number of aromatic nitrogens is 2. The van der Waals surface area contributed by atoms with Crippen LogP contribution in [0.15, 0.2) is 49.1 Å². The van der Waals surface area contributed by atoms with Gasteiger partial charge in [0.25, 0.3) is 0 Å². The molecule has 1 aromatic heterocycles. The minimum absolute atomic E-state index is 0.231. The summed E-state index contributed by atoms with van der Waals surface area (Å²) >= 11 is 0. The molecule has 0 radical (unpaired) electrons. The lowest BCUT2D eigenvalue weighted by atomic mass is 10.2. The van der Waals surface area contributed by atoms with Crippen molar-refractivity contribution in [2.24, 2.45) is 7.05 Å². The van der Waals surface area contributed by atoms with E-state index in [0.29, 0.717) is 5.56 Å². The van der Waals surface area contributed by atoms with Crippen LogP contribution >= 0.6 is 0 Å². The summed E-state index contributed by atoms with van der Waals surface area (Å²) in [5, 5.41) is 0. The van der Waals surface area contributed by atoms with Crippen LogP contribution in [0.2, 0.25) is 0 Å². The SMILES string of the molecule is C[n+]1ccn(COC(=O)c2ccccc2)c1. The number of rotatable bonds is 3. The van der Waals surface area contributed by atoms with Crippen molar-refractivity contribution in [3.63, 3.8) is 0 Å². The molecular weight excluding hydrogens is 204 g/mol. The highest BCUT2D eigenvalue weighted by Crippen LogP contribution is 2.01. The third-order valence-electron chi connectivity index (χ3n) is 2.18. The molecule has 0 bridgehead atoms. The molecule has 0 saturated carbocycles. The second kappa shape index (κ2) is 4.61. The summed E-state index contributed by atoms with van der Waals surface area (Å²) in [7, 11) is 1.91. The van der Waals surface area contributed by atoms with Crippen LogP contribution in [0, 0.1) is 0 Å². The van der Waals surface area contributed by atoms with Crippen LogP contribution in [0.1, 0.15) is 10.4 Å². The highest BCUT2D eigenvalue weighted by Gasteiger charge is 2.07. The normalized spacial score (nSPS) is 10.1. The fraction of sp³-hybridized carbons (Fsp3) is 0.167. The van der Waals surface area contributed by atoms with E-state index in [1.807, 2.05) is 48.5 Å². The molecule has 4 nitrogen and oxygen atoms in total. The maximum atomic E-state index is 11.6. The number of carbonyl (C=O) groups is 1. The van der Waals surface area contributed by atoms with E-state index in [2.05, 4.69) is 0 Å². The lowest BCUT2D eigenvalue weighted by Crippen LogP contribution is -2.24. The molecule has 0 aliphatic carbocycles. The van der Waals surface area contributed by atoms with Crippen LogP contribution in [0.3, 0.4) is 0 Å². The van der Waals surface area contributed by atoms with E-state index in [4.69, 9.17) is 4.74 Å². The van der Waals surface area contributed by atoms with E-state index in [-0.39, 0.29) is 12.7 Å². The Bertz CT molecular complexity index is 477. The number of hydrogen-bond donors (Lipinski definition) is 0. The Hall–Kier alpha value is -2.10. The first-order chi connectivity index (χ1) is 7.75. The highest BCUT2D eigenvalue weighted by atomic mass is 16.5. The molecule has 0 spiro atoms. The van der Waals surface area contributed by atoms with Crippen molar-refractivity contribution < 1.29 is 14.1 Å². The quantitative estimate of drug-likeness (QED) is 0.570. The largest absolute Gasteiger partial charge is 0.421 e. The molecule has 1 aromatic carbocycles. The molecule has 0 aliphatic heterocycles. The highest BCUT2D eigenvalue weighted by molar-refractivity contribution is 5.89. The van der Waals surface area contributed by atoms with Crippen molar-refractivity contribution in [2.45, 2.75) is 6.73 Å². The van der Waals surface area contributed by atoms with Gasteiger partial charge in [0.2, 0.25) is 13.1 Å². The molecule has 0 fully saturated rings. The van der Waals surface area contributed by atoms with Crippen LogP contribution in [-0.4, -0.2) is 10.5 Å². The lowest BCUT2D eigenvalue weighted by Gasteiger charge is -2.01. The van der Waals surface area contributed by atoms with Gasteiger partial charge >= 0.3 is 5.97 Å². The zero-order valence-corrected chi connectivity index (χ0v) is 9.04. The van der Waals surface area contributed by atoms with Gasteiger partial charge in [0, 0.05) is 0 Å². The second-order valence-corrected chi connectivity index (χ2v) is 3.52. The van der Waals surface area contributed by atoms with E-state index in [0.717, 1.165) is 0 Å². The number of imidazole rings is 1. The first-order valence-electron chi connectivity index (χ1n) is 4.99. The molecule has 4 heteroatoms. The Labute approximate surface area is 93.7 Å². The number of carbonyl (C=O) groups excluding carboxylic acids is 1. The Morgan fingerprint density at radius 3 is 2.75 bits per heavy atom. The van der Waals surface area contributed by atoms with Gasteiger partial charge in [-0.2, -0.15) is 0 Å². The van der Waals surface area contributed by atoms with Gasteiger partial charge in [-0.25, -0.2) is 13.9 Å². The summed E-state index contributed by atoms with van der Waals surface area (Å²) in [6.07, 6.45) is 5.58. The van der Waals surface area contributed by atoms with E-state index in [1.54, 1.807) is 16.7 Å². The molecule has 0 aliphatic rings. The molecule has 0 amide bonds. The number of benzene rings is 1. The average molecular weight is 217 g/mol. The third kappa shape index (κ3) is 2.48. The molecule has 2 rings (SSSR count). The van der Waals surface area contributed by atoms with Crippen molar-refractivity contribution in [3.05, 3.63) is 54.6 Å². The first-order valence-corrected chi connectivity index (χ1v) is 4.99. The molecule has 0 saturated heterocycles. The number of aryl methyl sites for hydroxylation is 1. The van der Waals surface area contributed by atoms with Crippen LogP contribution < -0.4 is 4.57 Å². The van der Waals surface area contributed by atoms with Crippen molar-refractivity contribution in [1.29, 1.82) is 0 Å². The molecule has 16 heavy (non-hydrogen) atoms. The smallest absolute Gasteiger partial charge is 0.341 e. The summed E-state index contributed by atoms with van der Waals surface area (Å²) in [6, 6.07) is 8.96. The maximum absolute atomic E-state index is 11.6. The van der Waals surface area contributed by atoms with E-state index >= 15 is 0 Å². The zero-order valence-electron chi connectivity index (χ0n) is 9.04. The van der Waals surface area contributed by atoms with Crippen LogP contribution in [0.5, 0.6) is 0 Å². The monoisotopic (exact) mass is 217 g/mol. The first kappa shape index (κ1) is 10.4. The predicted molar refractivity (Wildman–Crippen MR) is 57.5 cm³/mol. The van der Waals surface area contributed by atoms with Gasteiger partial charge < -0.3 is 4.74 Å². The third-order valence-corrected chi connectivity index (χ3v) is 2.18. The molecule has 1 heterocycles. The fourth-order valence-electron chi connectivity index (χ4n) is 1.37. The van der Waals surface area contributed by atoms with Gasteiger partial charge in [0.1, 0.15) is 12.4 Å². The second-order valence-electron chi connectivity index (χ2n) is 3.52. The Kier molecular flexibility index (Phi) is 3.00. The molecule has 0 unspecified atom stereocenters. The molecular formula is C12H13N2O2+. The Morgan fingerprint density at radius 2 is 2.12 bits per heavy atom. The Morgan fingerprint density at radius 1 is 1.38 bits per heavy atom. The van der Waals surface area contributed by atoms with Crippen molar-refractivity contribution >= 4 is 5.97 Å².